The predicted octanol–water partition coefficient (Wildman–Crippen LogP) is 1.44. The van der Waals surface area contributed by atoms with Crippen molar-refractivity contribution < 1.29 is 4.79 Å². The fourth-order valence-corrected chi connectivity index (χ4v) is 3.09. The molecule has 0 unspecified atom stereocenters. The second kappa shape index (κ2) is 5.88. The molecular weight excluding hydrogens is 312 g/mol. The molecule has 8 heteroatoms. The Morgan fingerprint density at radius 3 is 2.57 bits per heavy atom. The molecule has 1 amide bonds. The van der Waals surface area contributed by atoms with Crippen LogP contribution in [0.15, 0.2) is 36.7 Å². The number of carbonyl (C=O) groups excluding carboxylic acids is 1. The van der Waals surface area contributed by atoms with Crippen LogP contribution in [0.1, 0.15) is 10.5 Å². The number of para-hydroxylation sites is 2. The average molecular weight is 326 g/mol. The highest BCUT2D eigenvalue weighted by Gasteiger charge is 2.24. The van der Waals surface area contributed by atoms with Gasteiger partial charge in [0, 0.05) is 26.2 Å². The standard InChI is InChI=1S/C15H14N6OS/c22-15(13-9-16-11-3-1-2-4-12(11)18-13)21-7-5-20(6-8-21)14-10-17-23-19-14/h1-4,9-10H,5-8H2. The van der Waals surface area contributed by atoms with Crippen molar-refractivity contribution in [2.75, 3.05) is 31.1 Å². The first-order chi connectivity index (χ1) is 11.3. The number of nitrogens with zero attached hydrogens (tertiary/aromatic N) is 6. The van der Waals surface area contributed by atoms with E-state index in [2.05, 4.69) is 23.6 Å². The van der Waals surface area contributed by atoms with E-state index in [1.54, 1.807) is 12.4 Å². The zero-order valence-electron chi connectivity index (χ0n) is 12.3. The minimum Gasteiger partial charge on any atom is -0.351 e. The molecule has 3 aromatic rings. The van der Waals surface area contributed by atoms with Crippen molar-refractivity contribution in [3.63, 3.8) is 0 Å². The van der Waals surface area contributed by atoms with Crippen LogP contribution >= 0.6 is 11.7 Å². The third-order valence-electron chi connectivity index (χ3n) is 3.91. The van der Waals surface area contributed by atoms with Gasteiger partial charge < -0.3 is 9.80 Å². The van der Waals surface area contributed by atoms with Crippen LogP contribution in [0.2, 0.25) is 0 Å². The molecule has 0 atom stereocenters. The summed E-state index contributed by atoms with van der Waals surface area (Å²) in [7, 11) is 0. The first-order valence-corrected chi connectivity index (χ1v) is 8.08. The van der Waals surface area contributed by atoms with Crippen LogP contribution < -0.4 is 4.90 Å². The molecule has 1 aromatic carbocycles. The molecule has 4 rings (SSSR count). The lowest BCUT2D eigenvalue weighted by atomic mass is 10.2. The first kappa shape index (κ1) is 14.0. The van der Waals surface area contributed by atoms with Crippen LogP contribution in [0.4, 0.5) is 5.82 Å². The molecule has 1 aliphatic heterocycles. The summed E-state index contributed by atoms with van der Waals surface area (Å²) >= 11 is 1.20. The number of rotatable bonds is 2. The fraction of sp³-hybridized carbons (Fsp3) is 0.267. The molecule has 7 nitrogen and oxygen atoms in total. The Kier molecular flexibility index (Phi) is 3.58. The van der Waals surface area contributed by atoms with Gasteiger partial charge in [0.05, 0.1) is 35.2 Å². The fourth-order valence-electron chi connectivity index (χ4n) is 2.66. The lowest BCUT2D eigenvalue weighted by molar-refractivity contribution is 0.0740. The lowest BCUT2D eigenvalue weighted by Crippen LogP contribution is -2.49. The summed E-state index contributed by atoms with van der Waals surface area (Å²) in [4.78, 5) is 25.3. The second-order valence-corrected chi connectivity index (χ2v) is 5.85. The van der Waals surface area contributed by atoms with Crippen LogP contribution in [0.5, 0.6) is 0 Å². The highest BCUT2D eigenvalue weighted by molar-refractivity contribution is 6.99. The third-order valence-corrected chi connectivity index (χ3v) is 4.38. The van der Waals surface area contributed by atoms with E-state index in [0.717, 1.165) is 29.9 Å². The van der Waals surface area contributed by atoms with Gasteiger partial charge in [0.15, 0.2) is 5.82 Å². The number of fused-ring (bicyclic) bond motifs is 1. The maximum atomic E-state index is 12.6. The maximum Gasteiger partial charge on any atom is 0.274 e. The van der Waals surface area contributed by atoms with E-state index < -0.39 is 0 Å². The van der Waals surface area contributed by atoms with Gasteiger partial charge in [-0.2, -0.15) is 8.75 Å². The van der Waals surface area contributed by atoms with E-state index in [0.29, 0.717) is 18.8 Å². The Labute approximate surface area is 136 Å². The minimum absolute atomic E-state index is 0.0701. The van der Waals surface area contributed by atoms with Crippen LogP contribution in [0.3, 0.4) is 0 Å². The lowest BCUT2D eigenvalue weighted by Gasteiger charge is -2.34. The Bertz CT molecular complexity index is 829. The number of piperazine rings is 1. The van der Waals surface area contributed by atoms with Crippen LogP contribution in [-0.2, 0) is 0 Å². The Morgan fingerprint density at radius 2 is 1.83 bits per heavy atom. The SMILES string of the molecule is O=C(c1cnc2ccccc2n1)N1CCN(c2cnsn2)CC1. The summed E-state index contributed by atoms with van der Waals surface area (Å²) in [6, 6.07) is 7.56. The van der Waals surface area contributed by atoms with Gasteiger partial charge in [0.25, 0.3) is 5.91 Å². The molecule has 0 N–H and O–H groups in total. The van der Waals surface area contributed by atoms with E-state index in [1.165, 1.54) is 11.7 Å². The molecule has 1 saturated heterocycles. The van der Waals surface area contributed by atoms with E-state index in [-0.39, 0.29) is 5.91 Å². The van der Waals surface area contributed by atoms with Crippen molar-refractivity contribution in [3.05, 3.63) is 42.4 Å². The van der Waals surface area contributed by atoms with Gasteiger partial charge >= 0.3 is 0 Å². The summed E-state index contributed by atoms with van der Waals surface area (Å²) in [5.41, 5.74) is 1.93. The van der Waals surface area contributed by atoms with Gasteiger partial charge in [-0.15, -0.1) is 0 Å². The van der Waals surface area contributed by atoms with Gasteiger partial charge in [-0.1, -0.05) is 12.1 Å². The largest absolute Gasteiger partial charge is 0.351 e. The number of benzene rings is 1. The minimum atomic E-state index is -0.0701. The molecule has 3 heterocycles. The van der Waals surface area contributed by atoms with Crippen molar-refractivity contribution in [1.82, 2.24) is 23.6 Å². The van der Waals surface area contributed by atoms with Gasteiger partial charge in [0.2, 0.25) is 0 Å². The number of hydrogen-bond donors (Lipinski definition) is 0. The Balaban J connectivity index is 1.48. The van der Waals surface area contributed by atoms with E-state index in [1.807, 2.05) is 29.2 Å². The average Bonchev–Trinajstić information content (AvgIpc) is 3.15. The summed E-state index contributed by atoms with van der Waals surface area (Å²) in [5.74, 6) is 0.812. The molecule has 0 bridgehead atoms. The number of amides is 1. The van der Waals surface area contributed by atoms with Crippen molar-refractivity contribution >= 4 is 34.5 Å². The second-order valence-electron chi connectivity index (χ2n) is 5.29. The number of carbonyl (C=O) groups is 1. The molecule has 0 spiro atoms. The molecule has 0 radical (unpaired) electrons. The quantitative estimate of drug-likeness (QED) is 0.709. The monoisotopic (exact) mass is 326 g/mol. The van der Waals surface area contributed by atoms with Gasteiger partial charge in [-0.05, 0) is 12.1 Å². The highest BCUT2D eigenvalue weighted by Crippen LogP contribution is 2.15. The van der Waals surface area contributed by atoms with E-state index in [4.69, 9.17) is 0 Å². The van der Waals surface area contributed by atoms with Gasteiger partial charge in [0.1, 0.15) is 5.69 Å². The van der Waals surface area contributed by atoms with E-state index >= 15 is 0 Å². The van der Waals surface area contributed by atoms with Crippen molar-refractivity contribution in [3.8, 4) is 0 Å². The summed E-state index contributed by atoms with van der Waals surface area (Å²) in [6.45, 7) is 2.78. The molecule has 2 aromatic heterocycles. The summed E-state index contributed by atoms with van der Waals surface area (Å²) < 4.78 is 8.25. The topological polar surface area (TPSA) is 75.1 Å². The molecule has 0 saturated carbocycles. The number of hydrogen-bond acceptors (Lipinski definition) is 7. The summed E-state index contributed by atoms with van der Waals surface area (Å²) in [5, 5.41) is 0. The third kappa shape index (κ3) is 2.72. The van der Waals surface area contributed by atoms with Crippen LogP contribution in [-0.4, -0.2) is 55.7 Å². The van der Waals surface area contributed by atoms with Crippen molar-refractivity contribution in [2.24, 2.45) is 0 Å². The molecule has 1 fully saturated rings. The molecule has 1 aliphatic rings. The van der Waals surface area contributed by atoms with E-state index in [9.17, 15) is 4.79 Å². The predicted molar refractivity (Wildman–Crippen MR) is 87.6 cm³/mol. The normalized spacial score (nSPS) is 15.1. The van der Waals surface area contributed by atoms with Crippen molar-refractivity contribution in [2.45, 2.75) is 0 Å². The summed E-state index contributed by atoms with van der Waals surface area (Å²) in [6.07, 6.45) is 3.32. The Morgan fingerprint density at radius 1 is 1.04 bits per heavy atom. The Hall–Kier alpha value is -2.61. The smallest absolute Gasteiger partial charge is 0.274 e. The van der Waals surface area contributed by atoms with Crippen molar-refractivity contribution in [1.29, 1.82) is 0 Å². The van der Waals surface area contributed by atoms with Crippen LogP contribution in [0, 0.1) is 0 Å². The zero-order valence-corrected chi connectivity index (χ0v) is 13.1. The molecular formula is C15H14N6OS. The molecule has 116 valence electrons. The first-order valence-electron chi connectivity index (χ1n) is 7.35. The number of aromatic nitrogens is 4. The highest BCUT2D eigenvalue weighted by atomic mass is 32.1. The molecule has 0 aliphatic carbocycles. The molecule has 23 heavy (non-hydrogen) atoms. The number of anilines is 1. The zero-order chi connectivity index (χ0) is 15.6. The maximum absolute atomic E-state index is 12.6. The van der Waals surface area contributed by atoms with Gasteiger partial charge in [-0.3, -0.25) is 9.78 Å². The van der Waals surface area contributed by atoms with Crippen LogP contribution in [0.25, 0.3) is 11.0 Å². The van der Waals surface area contributed by atoms with Gasteiger partial charge in [-0.25, -0.2) is 4.98 Å².